The SMILES string of the molecule is CN1[C@H]2CC(OC(=O)[C@H](CO)c3ccccc3)C[C@H]1[C@H]1O[C@@H]12. The quantitative estimate of drug-likeness (QED) is 0.662. The minimum absolute atomic E-state index is 0.0622. The third-order valence-electron chi connectivity index (χ3n) is 5.33. The van der Waals surface area contributed by atoms with Crippen molar-refractivity contribution >= 4 is 5.97 Å². The number of hydrogen-bond donors (Lipinski definition) is 1. The van der Waals surface area contributed by atoms with Crippen molar-refractivity contribution in [2.24, 2.45) is 0 Å². The zero-order chi connectivity index (χ0) is 15.3. The Kier molecular flexibility index (Phi) is 3.44. The maximum atomic E-state index is 12.4. The third kappa shape index (κ3) is 2.24. The normalized spacial score (nSPS) is 37.5. The summed E-state index contributed by atoms with van der Waals surface area (Å²) in [5.74, 6) is -0.915. The standard InChI is InChI=1S/C17H21NO4/c1-18-13-7-11(8-14(18)16-15(13)22-16)21-17(20)12(9-19)10-5-3-2-4-6-10/h2-6,11-16,19H,7-9H2,1H3/t12-,13+,14+,15-,16-/m1/s1. The Morgan fingerprint density at radius 1 is 1.32 bits per heavy atom. The minimum Gasteiger partial charge on any atom is -0.462 e. The average Bonchev–Trinajstić information content (AvgIpc) is 3.27. The number of aliphatic hydroxyl groups excluding tert-OH is 1. The monoisotopic (exact) mass is 303 g/mol. The van der Waals surface area contributed by atoms with Crippen LogP contribution in [0.2, 0.25) is 0 Å². The van der Waals surface area contributed by atoms with Crippen LogP contribution in [0.25, 0.3) is 0 Å². The van der Waals surface area contributed by atoms with Crippen molar-refractivity contribution in [2.75, 3.05) is 13.7 Å². The second-order valence-corrected chi connectivity index (χ2v) is 6.54. The number of epoxide rings is 1. The topological polar surface area (TPSA) is 62.3 Å². The van der Waals surface area contributed by atoms with Gasteiger partial charge in [0.2, 0.25) is 0 Å². The van der Waals surface area contributed by atoms with Crippen molar-refractivity contribution in [1.82, 2.24) is 4.90 Å². The number of fused-ring (bicyclic) bond motifs is 5. The summed E-state index contributed by atoms with van der Waals surface area (Å²) in [4.78, 5) is 14.8. The first-order valence-corrected chi connectivity index (χ1v) is 7.92. The van der Waals surface area contributed by atoms with Gasteiger partial charge in [-0.15, -0.1) is 0 Å². The number of ether oxygens (including phenoxy) is 2. The average molecular weight is 303 g/mol. The number of carbonyl (C=O) groups excluding carboxylic acids is 1. The van der Waals surface area contributed by atoms with Gasteiger partial charge in [-0.2, -0.15) is 0 Å². The number of rotatable bonds is 4. The molecule has 3 fully saturated rings. The molecular weight excluding hydrogens is 282 g/mol. The molecule has 3 aliphatic rings. The van der Waals surface area contributed by atoms with Gasteiger partial charge in [0, 0.05) is 24.9 Å². The molecule has 0 aromatic heterocycles. The fourth-order valence-electron chi connectivity index (χ4n) is 4.04. The van der Waals surface area contributed by atoms with E-state index in [1.54, 1.807) is 0 Å². The van der Waals surface area contributed by atoms with E-state index in [2.05, 4.69) is 11.9 Å². The lowest BCUT2D eigenvalue weighted by molar-refractivity contribution is -0.156. The lowest BCUT2D eigenvalue weighted by atomic mass is 9.97. The van der Waals surface area contributed by atoms with Crippen molar-refractivity contribution < 1.29 is 19.4 Å². The fourth-order valence-corrected chi connectivity index (χ4v) is 4.04. The summed E-state index contributed by atoms with van der Waals surface area (Å²) in [5.41, 5.74) is 0.803. The smallest absolute Gasteiger partial charge is 0.316 e. The molecular formula is C17H21NO4. The van der Waals surface area contributed by atoms with Gasteiger partial charge >= 0.3 is 5.97 Å². The molecule has 1 N–H and O–H groups in total. The van der Waals surface area contributed by atoms with Crippen LogP contribution in [0.4, 0.5) is 0 Å². The van der Waals surface area contributed by atoms with Crippen molar-refractivity contribution in [3.8, 4) is 0 Å². The molecule has 0 spiro atoms. The van der Waals surface area contributed by atoms with Crippen LogP contribution in [0, 0.1) is 0 Å². The lowest BCUT2D eigenvalue weighted by Crippen LogP contribution is -2.48. The van der Waals surface area contributed by atoms with Crippen molar-refractivity contribution in [1.29, 1.82) is 0 Å². The zero-order valence-electron chi connectivity index (χ0n) is 12.6. The summed E-state index contributed by atoms with van der Waals surface area (Å²) < 4.78 is 11.4. The van der Waals surface area contributed by atoms with Gasteiger partial charge in [0.25, 0.3) is 0 Å². The van der Waals surface area contributed by atoms with E-state index in [0.717, 1.165) is 18.4 Å². The Bertz CT molecular complexity index is 545. The van der Waals surface area contributed by atoms with Crippen LogP contribution in [0.3, 0.4) is 0 Å². The number of aliphatic hydroxyl groups is 1. The molecule has 3 saturated heterocycles. The van der Waals surface area contributed by atoms with Gasteiger partial charge < -0.3 is 14.6 Å². The lowest BCUT2D eigenvalue weighted by Gasteiger charge is -2.38. The number of nitrogens with zero attached hydrogens (tertiary/aromatic N) is 1. The van der Waals surface area contributed by atoms with Gasteiger partial charge in [0.1, 0.15) is 24.2 Å². The number of morpholine rings is 1. The number of piperidine rings is 1. The molecule has 5 atom stereocenters. The van der Waals surface area contributed by atoms with Crippen LogP contribution in [-0.4, -0.2) is 60.0 Å². The first-order chi connectivity index (χ1) is 10.7. The molecule has 0 unspecified atom stereocenters. The van der Waals surface area contributed by atoms with Gasteiger partial charge in [-0.3, -0.25) is 9.69 Å². The van der Waals surface area contributed by atoms with E-state index in [1.165, 1.54) is 0 Å². The fraction of sp³-hybridized carbons (Fsp3) is 0.588. The van der Waals surface area contributed by atoms with Crippen LogP contribution in [0.15, 0.2) is 30.3 Å². The first kappa shape index (κ1) is 14.2. The molecule has 22 heavy (non-hydrogen) atoms. The predicted octanol–water partition coefficient (Wildman–Crippen LogP) is 0.918. The summed E-state index contributed by atoms with van der Waals surface area (Å²) in [6, 6.07) is 10.1. The van der Waals surface area contributed by atoms with Gasteiger partial charge in [-0.1, -0.05) is 30.3 Å². The van der Waals surface area contributed by atoms with E-state index in [0.29, 0.717) is 24.3 Å². The molecule has 5 heteroatoms. The summed E-state index contributed by atoms with van der Waals surface area (Å²) in [6.07, 6.45) is 2.26. The molecule has 0 saturated carbocycles. The number of carbonyl (C=O) groups is 1. The van der Waals surface area contributed by atoms with E-state index in [4.69, 9.17) is 9.47 Å². The Hall–Kier alpha value is -1.43. The zero-order valence-corrected chi connectivity index (χ0v) is 12.6. The summed E-state index contributed by atoms with van der Waals surface area (Å²) in [5, 5.41) is 9.56. The Morgan fingerprint density at radius 2 is 1.95 bits per heavy atom. The largest absolute Gasteiger partial charge is 0.462 e. The second-order valence-electron chi connectivity index (χ2n) is 6.54. The Morgan fingerprint density at radius 3 is 2.55 bits per heavy atom. The molecule has 0 radical (unpaired) electrons. The predicted molar refractivity (Wildman–Crippen MR) is 79.4 cm³/mol. The molecule has 118 valence electrons. The number of likely N-dealkylation sites (N-methyl/N-ethyl adjacent to an activating group) is 1. The maximum Gasteiger partial charge on any atom is 0.316 e. The van der Waals surface area contributed by atoms with Gasteiger partial charge in [-0.25, -0.2) is 0 Å². The Balaban J connectivity index is 1.42. The summed E-state index contributed by atoms with van der Waals surface area (Å²) in [7, 11) is 2.13. The van der Waals surface area contributed by atoms with Crippen LogP contribution in [-0.2, 0) is 14.3 Å². The van der Waals surface area contributed by atoms with Crippen molar-refractivity contribution in [2.45, 2.75) is 49.2 Å². The van der Waals surface area contributed by atoms with Gasteiger partial charge in [0.05, 0.1) is 6.61 Å². The Labute approximate surface area is 129 Å². The number of hydrogen-bond acceptors (Lipinski definition) is 5. The van der Waals surface area contributed by atoms with E-state index >= 15 is 0 Å². The van der Waals surface area contributed by atoms with Crippen LogP contribution >= 0.6 is 0 Å². The third-order valence-corrected chi connectivity index (χ3v) is 5.33. The highest BCUT2D eigenvalue weighted by atomic mass is 16.6. The molecule has 1 aromatic rings. The molecule has 0 aliphatic carbocycles. The second kappa shape index (κ2) is 5.33. The molecule has 3 heterocycles. The highest BCUT2D eigenvalue weighted by Crippen LogP contribution is 2.48. The van der Waals surface area contributed by atoms with E-state index in [9.17, 15) is 9.90 Å². The van der Waals surface area contributed by atoms with E-state index in [-0.39, 0.29) is 18.7 Å². The van der Waals surface area contributed by atoms with Crippen LogP contribution in [0.5, 0.6) is 0 Å². The molecule has 2 bridgehead atoms. The number of benzene rings is 1. The van der Waals surface area contributed by atoms with Crippen LogP contribution in [0.1, 0.15) is 24.3 Å². The van der Waals surface area contributed by atoms with Crippen molar-refractivity contribution in [3.05, 3.63) is 35.9 Å². The minimum atomic E-state index is -0.593. The van der Waals surface area contributed by atoms with E-state index in [1.807, 2.05) is 30.3 Å². The van der Waals surface area contributed by atoms with Crippen molar-refractivity contribution in [3.63, 3.8) is 0 Å². The van der Waals surface area contributed by atoms with Gasteiger partial charge in [0.15, 0.2) is 0 Å². The highest BCUT2D eigenvalue weighted by molar-refractivity contribution is 5.78. The molecule has 0 amide bonds. The van der Waals surface area contributed by atoms with E-state index < -0.39 is 5.92 Å². The first-order valence-electron chi connectivity index (χ1n) is 7.92. The molecule has 4 rings (SSSR count). The van der Waals surface area contributed by atoms with Crippen LogP contribution < -0.4 is 0 Å². The molecule has 5 nitrogen and oxygen atoms in total. The molecule has 1 aromatic carbocycles. The maximum absolute atomic E-state index is 12.4. The summed E-state index contributed by atoms with van der Waals surface area (Å²) in [6.45, 7) is -0.226. The highest BCUT2D eigenvalue weighted by Gasteiger charge is 2.62. The van der Waals surface area contributed by atoms with Gasteiger partial charge in [-0.05, 0) is 12.6 Å². The summed E-state index contributed by atoms with van der Waals surface area (Å²) >= 11 is 0. The number of esters is 1. The molecule has 3 aliphatic heterocycles.